The first kappa shape index (κ1) is 10.8. The molecule has 2 aromatic rings. The van der Waals surface area contributed by atoms with Crippen molar-refractivity contribution < 1.29 is 0 Å². The van der Waals surface area contributed by atoms with Crippen LogP contribution < -0.4 is 5.32 Å². The molecular weight excluding hydrogens is 232 g/mol. The molecule has 88 valence electrons. The van der Waals surface area contributed by atoms with Gasteiger partial charge in [-0.1, -0.05) is 18.2 Å². The van der Waals surface area contributed by atoms with Gasteiger partial charge in [-0.05, 0) is 37.5 Å². The standard InChI is InChI=1S/C14H15ClN2/c15-10-14(8-3-9-14)17-13-7-6-11-4-1-2-5-12(11)16-13/h1-2,4-7H,3,8-10H2,(H,16,17). The van der Waals surface area contributed by atoms with Gasteiger partial charge in [-0.2, -0.15) is 0 Å². The summed E-state index contributed by atoms with van der Waals surface area (Å²) >= 11 is 6.04. The summed E-state index contributed by atoms with van der Waals surface area (Å²) in [6.07, 6.45) is 3.54. The van der Waals surface area contributed by atoms with Crippen molar-refractivity contribution in [2.45, 2.75) is 24.8 Å². The number of pyridine rings is 1. The van der Waals surface area contributed by atoms with Gasteiger partial charge < -0.3 is 5.32 Å². The zero-order chi connectivity index (χ0) is 11.7. The van der Waals surface area contributed by atoms with E-state index in [9.17, 15) is 0 Å². The van der Waals surface area contributed by atoms with Crippen LogP contribution in [-0.4, -0.2) is 16.4 Å². The fraction of sp³-hybridized carbons (Fsp3) is 0.357. The van der Waals surface area contributed by atoms with Crippen molar-refractivity contribution in [3.05, 3.63) is 36.4 Å². The Hall–Kier alpha value is -1.28. The van der Waals surface area contributed by atoms with Gasteiger partial charge in [0.05, 0.1) is 11.1 Å². The zero-order valence-corrected chi connectivity index (χ0v) is 10.4. The topological polar surface area (TPSA) is 24.9 Å². The van der Waals surface area contributed by atoms with E-state index in [2.05, 4.69) is 22.4 Å². The van der Waals surface area contributed by atoms with Crippen molar-refractivity contribution in [2.75, 3.05) is 11.2 Å². The van der Waals surface area contributed by atoms with E-state index in [4.69, 9.17) is 11.6 Å². The van der Waals surface area contributed by atoms with Crippen LogP contribution in [0.15, 0.2) is 36.4 Å². The number of anilines is 1. The molecule has 0 radical (unpaired) electrons. The first-order valence-electron chi connectivity index (χ1n) is 6.01. The zero-order valence-electron chi connectivity index (χ0n) is 9.62. The van der Waals surface area contributed by atoms with E-state index in [0.29, 0.717) is 5.88 Å². The quantitative estimate of drug-likeness (QED) is 0.833. The lowest BCUT2D eigenvalue weighted by Gasteiger charge is -2.41. The highest BCUT2D eigenvalue weighted by Crippen LogP contribution is 2.36. The van der Waals surface area contributed by atoms with E-state index < -0.39 is 0 Å². The number of nitrogens with one attached hydrogen (secondary N) is 1. The molecule has 1 aromatic carbocycles. The lowest BCUT2D eigenvalue weighted by molar-refractivity contribution is 0.310. The Morgan fingerprint density at radius 1 is 1.18 bits per heavy atom. The number of alkyl halides is 1. The highest BCUT2D eigenvalue weighted by molar-refractivity contribution is 6.19. The van der Waals surface area contributed by atoms with Crippen molar-refractivity contribution in [2.24, 2.45) is 0 Å². The molecule has 17 heavy (non-hydrogen) atoms. The maximum Gasteiger partial charge on any atom is 0.127 e. The van der Waals surface area contributed by atoms with Crippen molar-refractivity contribution in [3.63, 3.8) is 0 Å². The molecular formula is C14H15ClN2. The molecule has 2 nitrogen and oxygen atoms in total. The number of hydrogen-bond donors (Lipinski definition) is 1. The summed E-state index contributed by atoms with van der Waals surface area (Å²) in [6, 6.07) is 12.3. The number of rotatable bonds is 3. The minimum atomic E-state index is 0.0804. The Morgan fingerprint density at radius 2 is 2.00 bits per heavy atom. The molecule has 3 heteroatoms. The second-order valence-electron chi connectivity index (χ2n) is 4.78. The smallest absolute Gasteiger partial charge is 0.127 e. The predicted octanol–water partition coefficient (Wildman–Crippen LogP) is 3.81. The van der Waals surface area contributed by atoms with Gasteiger partial charge in [0.1, 0.15) is 5.82 Å². The largest absolute Gasteiger partial charge is 0.363 e. The number of halogens is 1. The molecule has 0 unspecified atom stereocenters. The Balaban J connectivity index is 1.90. The van der Waals surface area contributed by atoms with Crippen LogP contribution in [0.25, 0.3) is 10.9 Å². The van der Waals surface area contributed by atoms with Crippen molar-refractivity contribution in [1.29, 1.82) is 0 Å². The number of hydrogen-bond acceptors (Lipinski definition) is 2. The number of para-hydroxylation sites is 1. The molecule has 1 N–H and O–H groups in total. The van der Waals surface area contributed by atoms with Crippen LogP contribution in [-0.2, 0) is 0 Å². The fourth-order valence-electron chi connectivity index (χ4n) is 2.30. The number of fused-ring (bicyclic) bond motifs is 1. The van der Waals surface area contributed by atoms with Crippen LogP contribution in [0, 0.1) is 0 Å². The molecule has 1 aromatic heterocycles. The fourth-order valence-corrected chi connectivity index (χ4v) is 2.64. The van der Waals surface area contributed by atoms with E-state index in [1.807, 2.05) is 24.3 Å². The summed E-state index contributed by atoms with van der Waals surface area (Å²) < 4.78 is 0. The van der Waals surface area contributed by atoms with Gasteiger partial charge in [0, 0.05) is 11.3 Å². The monoisotopic (exact) mass is 246 g/mol. The minimum absolute atomic E-state index is 0.0804. The summed E-state index contributed by atoms with van der Waals surface area (Å²) in [7, 11) is 0. The van der Waals surface area contributed by atoms with Gasteiger partial charge in [-0.3, -0.25) is 0 Å². The molecule has 0 atom stereocenters. The van der Waals surface area contributed by atoms with Gasteiger partial charge in [-0.25, -0.2) is 4.98 Å². The summed E-state index contributed by atoms with van der Waals surface area (Å²) in [5.74, 6) is 1.59. The van der Waals surface area contributed by atoms with Gasteiger partial charge >= 0.3 is 0 Å². The van der Waals surface area contributed by atoms with Crippen LogP contribution in [0.2, 0.25) is 0 Å². The van der Waals surface area contributed by atoms with Gasteiger partial charge in [0.25, 0.3) is 0 Å². The third-order valence-corrected chi connectivity index (χ3v) is 4.07. The van der Waals surface area contributed by atoms with E-state index in [1.54, 1.807) is 0 Å². The lowest BCUT2D eigenvalue weighted by atomic mass is 9.78. The van der Waals surface area contributed by atoms with E-state index in [0.717, 1.165) is 24.2 Å². The molecule has 1 heterocycles. The van der Waals surface area contributed by atoms with E-state index in [1.165, 1.54) is 11.8 Å². The minimum Gasteiger partial charge on any atom is -0.363 e. The van der Waals surface area contributed by atoms with E-state index >= 15 is 0 Å². The third kappa shape index (κ3) is 1.98. The molecule has 0 spiro atoms. The third-order valence-electron chi connectivity index (χ3n) is 3.56. The SMILES string of the molecule is ClCC1(Nc2ccc3ccccc3n2)CCC1. The Kier molecular flexibility index (Phi) is 2.67. The number of aromatic nitrogens is 1. The molecule has 1 saturated carbocycles. The Labute approximate surface area is 106 Å². The summed E-state index contributed by atoms with van der Waals surface area (Å²) in [5, 5.41) is 4.66. The van der Waals surface area contributed by atoms with E-state index in [-0.39, 0.29) is 5.54 Å². The summed E-state index contributed by atoms with van der Waals surface area (Å²) in [4.78, 5) is 4.62. The number of benzene rings is 1. The Bertz CT molecular complexity index is 529. The molecule has 0 bridgehead atoms. The normalized spacial score (nSPS) is 17.7. The second kappa shape index (κ2) is 4.19. The van der Waals surface area contributed by atoms with Crippen molar-refractivity contribution in [1.82, 2.24) is 4.98 Å². The average molecular weight is 247 g/mol. The van der Waals surface area contributed by atoms with Crippen LogP contribution in [0.5, 0.6) is 0 Å². The first-order valence-corrected chi connectivity index (χ1v) is 6.55. The van der Waals surface area contributed by atoms with Crippen LogP contribution in [0.3, 0.4) is 0 Å². The maximum absolute atomic E-state index is 6.04. The van der Waals surface area contributed by atoms with Crippen LogP contribution in [0.1, 0.15) is 19.3 Å². The predicted molar refractivity (Wildman–Crippen MR) is 72.7 cm³/mol. The van der Waals surface area contributed by atoms with Gasteiger partial charge in [0.2, 0.25) is 0 Å². The second-order valence-corrected chi connectivity index (χ2v) is 5.05. The highest BCUT2D eigenvalue weighted by Gasteiger charge is 2.36. The first-order chi connectivity index (χ1) is 8.31. The molecule has 0 aliphatic heterocycles. The molecule has 1 aliphatic rings. The van der Waals surface area contributed by atoms with Crippen LogP contribution in [0.4, 0.5) is 5.82 Å². The molecule has 1 aliphatic carbocycles. The van der Waals surface area contributed by atoms with Crippen LogP contribution >= 0.6 is 11.6 Å². The molecule has 3 rings (SSSR count). The van der Waals surface area contributed by atoms with Crippen molar-refractivity contribution >= 4 is 28.3 Å². The molecule has 1 fully saturated rings. The van der Waals surface area contributed by atoms with Crippen molar-refractivity contribution in [3.8, 4) is 0 Å². The number of nitrogens with zero attached hydrogens (tertiary/aromatic N) is 1. The summed E-state index contributed by atoms with van der Waals surface area (Å²) in [5.41, 5.74) is 1.11. The Morgan fingerprint density at radius 3 is 2.71 bits per heavy atom. The lowest BCUT2D eigenvalue weighted by Crippen LogP contribution is -2.47. The highest BCUT2D eigenvalue weighted by atomic mass is 35.5. The molecule has 0 amide bonds. The van der Waals surface area contributed by atoms with Gasteiger partial charge in [-0.15, -0.1) is 11.6 Å². The van der Waals surface area contributed by atoms with Gasteiger partial charge in [0.15, 0.2) is 0 Å². The molecule has 0 saturated heterocycles. The average Bonchev–Trinajstić information content (AvgIpc) is 2.34. The summed E-state index contributed by atoms with van der Waals surface area (Å²) in [6.45, 7) is 0. The maximum atomic E-state index is 6.04.